The van der Waals surface area contributed by atoms with Gasteiger partial charge in [0.15, 0.2) is 0 Å². The fourth-order valence-electron chi connectivity index (χ4n) is 2.40. The maximum atomic E-state index is 13.0. The van der Waals surface area contributed by atoms with Crippen molar-refractivity contribution in [2.75, 3.05) is 25.6 Å². The van der Waals surface area contributed by atoms with Crippen LogP contribution >= 0.6 is 11.3 Å². The van der Waals surface area contributed by atoms with Gasteiger partial charge in [0.25, 0.3) is 5.89 Å². The number of carbonyl (C=O) groups excluding carboxylic acids is 1. The first-order chi connectivity index (χ1) is 14.3. The van der Waals surface area contributed by atoms with Crippen LogP contribution in [-0.4, -0.2) is 36.0 Å². The maximum absolute atomic E-state index is 13.0. The molecule has 1 N–H and O–H groups in total. The Balaban J connectivity index is 1.78. The van der Waals surface area contributed by atoms with Crippen molar-refractivity contribution < 1.29 is 31.9 Å². The number of hydrogen-bond acceptors (Lipinski definition) is 7. The van der Waals surface area contributed by atoms with Gasteiger partial charge in [-0.3, -0.25) is 4.79 Å². The Morgan fingerprint density at radius 1 is 1.30 bits per heavy atom. The zero-order valence-corrected chi connectivity index (χ0v) is 16.4. The minimum absolute atomic E-state index is 0.0279. The second-order valence-corrected chi connectivity index (χ2v) is 6.85. The quantitative estimate of drug-likeness (QED) is 0.537. The molecule has 0 spiro atoms. The molecule has 12 heteroatoms. The number of anilines is 1. The van der Waals surface area contributed by atoms with Crippen molar-refractivity contribution >= 4 is 22.9 Å². The molecule has 0 saturated carbocycles. The van der Waals surface area contributed by atoms with E-state index in [0.29, 0.717) is 4.88 Å². The Kier molecular flexibility index (Phi) is 6.57. The number of nitrogens with one attached hydrogen (secondary N) is 1. The predicted octanol–water partition coefficient (Wildman–Crippen LogP) is 3.25. The molecule has 0 fully saturated rings. The van der Waals surface area contributed by atoms with Crippen LogP contribution in [0.2, 0.25) is 0 Å². The zero-order valence-electron chi connectivity index (χ0n) is 15.6. The van der Waals surface area contributed by atoms with Gasteiger partial charge < -0.3 is 19.2 Å². The van der Waals surface area contributed by atoms with E-state index in [1.54, 1.807) is 17.5 Å². The fraction of sp³-hybridized carbons (Fsp3) is 0.278. The van der Waals surface area contributed by atoms with Crippen LogP contribution in [0.4, 0.5) is 18.9 Å². The van der Waals surface area contributed by atoms with E-state index in [9.17, 15) is 22.8 Å². The molecule has 0 aliphatic rings. The number of ether oxygens (including phenoxy) is 2. The summed E-state index contributed by atoms with van der Waals surface area (Å²) in [5.74, 6) is -1.57. The molecular formula is C18H16F3N3O5S. The summed E-state index contributed by atoms with van der Waals surface area (Å²) in [4.78, 5) is 24.9. The van der Waals surface area contributed by atoms with Gasteiger partial charge in [0, 0.05) is 7.11 Å². The number of methoxy groups -OCH3 is 1. The summed E-state index contributed by atoms with van der Waals surface area (Å²) >= 11 is 1.29. The molecule has 0 unspecified atom stereocenters. The number of nitrogens with zero attached hydrogens (tertiary/aromatic N) is 2. The molecule has 3 aromatic rings. The lowest BCUT2D eigenvalue weighted by Crippen LogP contribution is -2.26. The summed E-state index contributed by atoms with van der Waals surface area (Å²) in [5.41, 5.74) is -1.16. The number of amides is 1. The molecule has 0 bridgehead atoms. The van der Waals surface area contributed by atoms with Crippen LogP contribution in [0.25, 0.3) is 10.8 Å². The average molecular weight is 443 g/mol. The van der Waals surface area contributed by atoms with E-state index in [1.807, 2.05) is 0 Å². The van der Waals surface area contributed by atoms with Crippen LogP contribution in [0, 0.1) is 0 Å². The van der Waals surface area contributed by atoms with E-state index < -0.39 is 29.9 Å². The number of carbonyl (C=O) groups is 1. The summed E-state index contributed by atoms with van der Waals surface area (Å²) in [6.07, 6.45) is -4.61. The third-order valence-electron chi connectivity index (χ3n) is 3.76. The first kappa shape index (κ1) is 21.6. The number of benzene rings is 1. The first-order valence-electron chi connectivity index (χ1n) is 8.52. The lowest BCUT2D eigenvalue weighted by molar-refractivity contribution is -0.137. The molecular weight excluding hydrogens is 427 g/mol. The molecule has 2 heterocycles. The van der Waals surface area contributed by atoms with Gasteiger partial charge in [0.05, 0.1) is 22.7 Å². The van der Waals surface area contributed by atoms with Crippen molar-refractivity contribution in [3.8, 4) is 16.5 Å². The van der Waals surface area contributed by atoms with E-state index in [1.165, 1.54) is 18.4 Å². The molecule has 0 radical (unpaired) electrons. The number of rotatable bonds is 8. The molecule has 1 aromatic carbocycles. The number of halogens is 3. The number of aromatic nitrogens is 2. The highest BCUT2D eigenvalue weighted by Crippen LogP contribution is 2.35. The SMILES string of the molecule is COCCOc1ccc(C(F)(F)F)cc1NC(=O)Cn1nc(-c2cccs2)oc1=O. The molecule has 30 heavy (non-hydrogen) atoms. The molecule has 1 amide bonds. The fourth-order valence-corrected chi connectivity index (χ4v) is 3.04. The number of thiophene rings is 1. The summed E-state index contributed by atoms with van der Waals surface area (Å²) in [7, 11) is 1.44. The minimum atomic E-state index is -4.61. The maximum Gasteiger partial charge on any atom is 0.437 e. The van der Waals surface area contributed by atoms with Gasteiger partial charge in [0.2, 0.25) is 5.91 Å². The summed E-state index contributed by atoms with van der Waals surface area (Å²) in [6.45, 7) is -0.284. The topological polar surface area (TPSA) is 95.6 Å². The van der Waals surface area contributed by atoms with Gasteiger partial charge in [-0.2, -0.15) is 17.9 Å². The largest absolute Gasteiger partial charge is 0.489 e. The summed E-state index contributed by atoms with van der Waals surface area (Å²) in [6, 6.07) is 6.12. The average Bonchev–Trinajstić information content (AvgIpc) is 3.32. The van der Waals surface area contributed by atoms with Crippen LogP contribution < -0.4 is 15.8 Å². The van der Waals surface area contributed by atoms with Gasteiger partial charge in [-0.05, 0) is 29.6 Å². The highest BCUT2D eigenvalue weighted by Gasteiger charge is 2.31. The van der Waals surface area contributed by atoms with Gasteiger partial charge >= 0.3 is 11.9 Å². The van der Waals surface area contributed by atoms with Gasteiger partial charge in [-0.15, -0.1) is 16.4 Å². The summed E-state index contributed by atoms with van der Waals surface area (Å²) < 4.78 is 55.1. The lowest BCUT2D eigenvalue weighted by atomic mass is 10.1. The molecule has 160 valence electrons. The third kappa shape index (κ3) is 5.27. The Bertz CT molecular complexity index is 1060. The van der Waals surface area contributed by atoms with Crippen LogP contribution in [0.1, 0.15) is 5.56 Å². The highest BCUT2D eigenvalue weighted by molar-refractivity contribution is 7.13. The van der Waals surface area contributed by atoms with Gasteiger partial charge in [-0.1, -0.05) is 6.07 Å². The van der Waals surface area contributed by atoms with Gasteiger partial charge in [0.1, 0.15) is 18.9 Å². The highest BCUT2D eigenvalue weighted by atomic mass is 32.1. The van der Waals surface area contributed by atoms with Crippen LogP contribution in [0.15, 0.2) is 44.9 Å². The Morgan fingerprint density at radius 2 is 2.10 bits per heavy atom. The van der Waals surface area contributed by atoms with E-state index >= 15 is 0 Å². The van der Waals surface area contributed by atoms with Crippen molar-refractivity contribution in [3.63, 3.8) is 0 Å². The molecule has 8 nitrogen and oxygen atoms in total. The van der Waals surface area contributed by atoms with Crippen molar-refractivity contribution in [2.45, 2.75) is 12.7 Å². The Labute approximate surface area is 171 Å². The van der Waals surface area contributed by atoms with E-state index in [4.69, 9.17) is 13.9 Å². The van der Waals surface area contributed by atoms with E-state index in [0.717, 1.165) is 22.9 Å². The molecule has 0 atom stereocenters. The Hall–Kier alpha value is -3.12. The van der Waals surface area contributed by atoms with E-state index in [-0.39, 0.29) is 30.5 Å². The van der Waals surface area contributed by atoms with Gasteiger partial charge in [-0.25, -0.2) is 4.79 Å². The lowest BCUT2D eigenvalue weighted by Gasteiger charge is -2.15. The first-order valence-corrected chi connectivity index (χ1v) is 9.40. The molecule has 0 aliphatic heterocycles. The minimum Gasteiger partial charge on any atom is -0.489 e. The van der Waals surface area contributed by atoms with Crippen molar-refractivity contribution in [1.29, 1.82) is 0 Å². The standard InChI is InChI=1S/C18H16F3N3O5S/c1-27-6-7-28-13-5-4-11(18(19,20)21)9-12(13)22-15(25)10-24-17(26)29-16(23-24)14-3-2-8-30-14/h2-5,8-9H,6-7,10H2,1H3,(H,22,25). The molecule has 0 saturated heterocycles. The number of alkyl halides is 3. The normalized spacial score (nSPS) is 11.5. The third-order valence-corrected chi connectivity index (χ3v) is 4.62. The number of hydrogen-bond donors (Lipinski definition) is 1. The second-order valence-electron chi connectivity index (χ2n) is 5.91. The Morgan fingerprint density at radius 3 is 2.77 bits per heavy atom. The van der Waals surface area contributed by atoms with Crippen LogP contribution in [-0.2, 0) is 22.3 Å². The summed E-state index contributed by atoms with van der Waals surface area (Å²) in [5, 5.41) is 8.02. The predicted molar refractivity (Wildman–Crippen MR) is 102 cm³/mol. The monoisotopic (exact) mass is 443 g/mol. The van der Waals surface area contributed by atoms with Crippen molar-refractivity contribution in [1.82, 2.24) is 9.78 Å². The van der Waals surface area contributed by atoms with Crippen molar-refractivity contribution in [2.24, 2.45) is 0 Å². The van der Waals surface area contributed by atoms with Crippen LogP contribution in [0.5, 0.6) is 5.75 Å². The second kappa shape index (κ2) is 9.13. The van der Waals surface area contributed by atoms with Crippen molar-refractivity contribution in [3.05, 3.63) is 51.8 Å². The molecule has 2 aromatic heterocycles. The molecule has 0 aliphatic carbocycles. The molecule has 3 rings (SSSR count). The van der Waals surface area contributed by atoms with E-state index in [2.05, 4.69) is 10.4 Å². The zero-order chi connectivity index (χ0) is 21.7. The van der Waals surface area contributed by atoms with Crippen LogP contribution in [0.3, 0.4) is 0 Å². The smallest absolute Gasteiger partial charge is 0.437 e.